The van der Waals surface area contributed by atoms with Crippen LogP contribution in [0.4, 0.5) is 0 Å². The summed E-state index contributed by atoms with van der Waals surface area (Å²) in [6.07, 6.45) is 0.987. The number of aryl methyl sites for hydroxylation is 1. The number of thiophene rings is 1. The SMILES string of the molecule is Cc1nc(-c2cccc3c2OCC3)c2sccc2n1. The molecule has 0 saturated heterocycles. The fourth-order valence-electron chi connectivity index (χ4n) is 2.56. The van der Waals surface area contributed by atoms with Crippen LogP contribution in [0.3, 0.4) is 0 Å². The Balaban J connectivity index is 2.05. The van der Waals surface area contributed by atoms with Gasteiger partial charge in [0.05, 0.1) is 22.5 Å². The zero-order chi connectivity index (χ0) is 12.8. The molecular weight excluding hydrogens is 256 g/mol. The zero-order valence-electron chi connectivity index (χ0n) is 10.5. The summed E-state index contributed by atoms with van der Waals surface area (Å²) >= 11 is 1.68. The van der Waals surface area contributed by atoms with E-state index in [2.05, 4.69) is 33.5 Å². The van der Waals surface area contributed by atoms with E-state index in [0.717, 1.165) is 46.1 Å². The standard InChI is InChI=1S/C15H12N2OS/c1-9-16-12-6-8-19-15(12)13(17-9)11-4-2-3-10-5-7-18-14(10)11/h2-4,6,8H,5,7H2,1H3. The van der Waals surface area contributed by atoms with Crippen LogP contribution >= 0.6 is 11.3 Å². The van der Waals surface area contributed by atoms with Gasteiger partial charge in [0.1, 0.15) is 11.6 Å². The first-order valence-electron chi connectivity index (χ1n) is 6.30. The number of para-hydroxylation sites is 1. The second-order valence-corrected chi connectivity index (χ2v) is 5.56. The lowest BCUT2D eigenvalue weighted by Crippen LogP contribution is -1.94. The highest BCUT2D eigenvalue weighted by Gasteiger charge is 2.20. The Morgan fingerprint density at radius 3 is 3.11 bits per heavy atom. The van der Waals surface area contributed by atoms with Gasteiger partial charge in [0, 0.05) is 12.0 Å². The molecule has 3 nitrogen and oxygen atoms in total. The average Bonchev–Trinajstić information content (AvgIpc) is 3.04. The molecule has 1 aliphatic rings. The van der Waals surface area contributed by atoms with E-state index in [4.69, 9.17) is 4.74 Å². The molecule has 3 heterocycles. The molecule has 0 atom stereocenters. The Hall–Kier alpha value is -1.94. The van der Waals surface area contributed by atoms with Crippen molar-refractivity contribution in [2.24, 2.45) is 0 Å². The van der Waals surface area contributed by atoms with Gasteiger partial charge in [-0.3, -0.25) is 0 Å². The molecule has 0 amide bonds. The van der Waals surface area contributed by atoms with Crippen LogP contribution in [0.25, 0.3) is 21.5 Å². The van der Waals surface area contributed by atoms with Crippen LogP contribution in [0.15, 0.2) is 29.6 Å². The summed E-state index contributed by atoms with van der Waals surface area (Å²) in [5.41, 5.74) is 4.38. The highest BCUT2D eigenvalue weighted by Crippen LogP contribution is 2.39. The van der Waals surface area contributed by atoms with Crippen LogP contribution in [0.5, 0.6) is 5.75 Å². The van der Waals surface area contributed by atoms with Gasteiger partial charge < -0.3 is 4.74 Å². The van der Waals surface area contributed by atoms with Crippen LogP contribution in [0, 0.1) is 6.92 Å². The molecule has 3 aromatic rings. The van der Waals surface area contributed by atoms with Crippen LogP contribution in [0.1, 0.15) is 11.4 Å². The van der Waals surface area contributed by atoms with Crippen molar-refractivity contribution in [3.05, 3.63) is 41.0 Å². The number of fused-ring (bicyclic) bond motifs is 2. The first kappa shape index (κ1) is 10.9. The minimum Gasteiger partial charge on any atom is -0.492 e. The summed E-state index contributed by atoms with van der Waals surface area (Å²) in [5.74, 6) is 1.80. The minimum atomic E-state index is 0.768. The Kier molecular flexibility index (Phi) is 2.32. The number of rotatable bonds is 1. The maximum absolute atomic E-state index is 5.79. The van der Waals surface area contributed by atoms with Crippen molar-refractivity contribution in [2.75, 3.05) is 6.61 Å². The monoisotopic (exact) mass is 268 g/mol. The minimum absolute atomic E-state index is 0.768. The first-order chi connectivity index (χ1) is 9.33. The normalized spacial score (nSPS) is 13.5. The van der Waals surface area contributed by atoms with E-state index in [0.29, 0.717) is 0 Å². The molecule has 4 rings (SSSR count). The van der Waals surface area contributed by atoms with Crippen LogP contribution in [0.2, 0.25) is 0 Å². The number of ether oxygens (including phenoxy) is 1. The van der Waals surface area contributed by atoms with E-state index in [1.807, 2.05) is 13.0 Å². The molecule has 2 aromatic heterocycles. The number of nitrogens with zero attached hydrogens (tertiary/aromatic N) is 2. The summed E-state index contributed by atoms with van der Waals surface area (Å²) in [6, 6.07) is 8.35. The Morgan fingerprint density at radius 1 is 1.21 bits per heavy atom. The zero-order valence-corrected chi connectivity index (χ0v) is 11.3. The second kappa shape index (κ2) is 4.03. The topological polar surface area (TPSA) is 35.0 Å². The molecule has 0 aliphatic carbocycles. The molecule has 0 fully saturated rings. The molecule has 0 N–H and O–H groups in total. The maximum Gasteiger partial charge on any atom is 0.132 e. The lowest BCUT2D eigenvalue weighted by molar-refractivity contribution is 0.358. The second-order valence-electron chi connectivity index (χ2n) is 4.65. The van der Waals surface area contributed by atoms with Crippen LogP contribution < -0.4 is 4.74 Å². The van der Waals surface area contributed by atoms with Crippen molar-refractivity contribution in [1.82, 2.24) is 9.97 Å². The Morgan fingerprint density at radius 2 is 2.16 bits per heavy atom. The van der Waals surface area contributed by atoms with Gasteiger partial charge in [-0.2, -0.15) is 0 Å². The predicted molar refractivity (Wildman–Crippen MR) is 76.8 cm³/mol. The molecule has 0 bridgehead atoms. The molecule has 19 heavy (non-hydrogen) atoms. The lowest BCUT2D eigenvalue weighted by atomic mass is 10.1. The third-order valence-corrected chi connectivity index (χ3v) is 4.30. The maximum atomic E-state index is 5.79. The molecule has 0 saturated carbocycles. The fourth-order valence-corrected chi connectivity index (χ4v) is 3.40. The van der Waals surface area contributed by atoms with Gasteiger partial charge in [-0.15, -0.1) is 11.3 Å². The molecule has 0 radical (unpaired) electrons. The van der Waals surface area contributed by atoms with E-state index in [1.165, 1.54) is 5.56 Å². The number of hydrogen-bond acceptors (Lipinski definition) is 4. The van der Waals surface area contributed by atoms with Crippen LogP contribution in [-0.4, -0.2) is 16.6 Å². The van der Waals surface area contributed by atoms with Gasteiger partial charge in [-0.1, -0.05) is 12.1 Å². The molecule has 94 valence electrons. The van der Waals surface area contributed by atoms with Crippen molar-refractivity contribution in [3.63, 3.8) is 0 Å². The van der Waals surface area contributed by atoms with E-state index < -0.39 is 0 Å². The fraction of sp³-hybridized carbons (Fsp3) is 0.200. The quantitative estimate of drug-likeness (QED) is 0.676. The van der Waals surface area contributed by atoms with Crippen molar-refractivity contribution >= 4 is 21.6 Å². The number of hydrogen-bond donors (Lipinski definition) is 0. The third-order valence-electron chi connectivity index (χ3n) is 3.38. The molecule has 1 aliphatic heterocycles. The number of benzene rings is 1. The predicted octanol–water partition coefficient (Wildman–Crippen LogP) is 3.60. The van der Waals surface area contributed by atoms with Gasteiger partial charge in [0.15, 0.2) is 0 Å². The van der Waals surface area contributed by atoms with Crippen molar-refractivity contribution in [1.29, 1.82) is 0 Å². The molecule has 1 aromatic carbocycles. The van der Waals surface area contributed by atoms with E-state index in [-0.39, 0.29) is 0 Å². The van der Waals surface area contributed by atoms with E-state index >= 15 is 0 Å². The lowest BCUT2D eigenvalue weighted by Gasteiger charge is -2.08. The van der Waals surface area contributed by atoms with Crippen molar-refractivity contribution < 1.29 is 4.74 Å². The smallest absolute Gasteiger partial charge is 0.132 e. The average molecular weight is 268 g/mol. The third kappa shape index (κ3) is 1.64. The van der Waals surface area contributed by atoms with Gasteiger partial charge in [0.25, 0.3) is 0 Å². The largest absolute Gasteiger partial charge is 0.492 e. The first-order valence-corrected chi connectivity index (χ1v) is 7.18. The summed E-state index contributed by atoms with van der Waals surface area (Å²) in [4.78, 5) is 9.11. The highest BCUT2D eigenvalue weighted by molar-refractivity contribution is 7.17. The van der Waals surface area contributed by atoms with Gasteiger partial charge >= 0.3 is 0 Å². The van der Waals surface area contributed by atoms with E-state index in [9.17, 15) is 0 Å². The molecule has 4 heteroatoms. The summed E-state index contributed by atoms with van der Waals surface area (Å²) in [7, 11) is 0. The Labute approximate surface area is 114 Å². The summed E-state index contributed by atoms with van der Waals surface area (Å²) in [6.45, 7) is 2.70. The van der Waals surface area contributed by atoms with Gasteiger partial charge in [-0.25, -0.2) is 9.97 Å². The van der Waals surface area contributed by atoms with E-state index in [1.54, 1.807) is 11.3 Å². The molecular formula is C15H12N2OS. The molecule has 0 unspecified atom stereocenters. The van der Waals surface area contributed by atoms with Crippen molar-refractivity contribution in [3.8, 4) is 17.0 Å². The van der Waals surface area contributed by atoms with Gasteiger partial charge in [-0.05, 0) is 30.0 Å². The summed E-state index contributed by atoms with van der Waals surface area (Å²) < 4.78 is 6.93. The van der Waals surface area contributed by atoms with Crippen molar-refractivity contribution in [2.45, 2.75) is 13.3 Å². The highest BCUT2D eigenvalue weighted by atomic mass is 32.1. The van der Waals surface area contributed by atoms with Crippen LogP contribution in [-0.2, 0) is 6.42 Å². The molecule has 0 spiro atoms. The Bertz CT molecular complexity index is 779. The number of aromatic nitrogens is 2. The van der Waals surface area contributed by atoms with Gasteiger partial charge in [0.2, 0.25) is 0 Å². The summed E-state index contributed by atoms with van der Waals surface area (Å²) in [5, 5.41) is 2.06.